The van der Waals surface area contributed by atoms with Crippen molar-refractivity contribution >= 4 is 0 Å². The van der Waals surface area contributed by atoms with Gasteiger partial charge in [-0.15, -0.1) is 0 Å². The number of ether oxygens (including phenoxy) is 2. The predicted octanol–water partition coefficient (Wildman–Crippen LogP) is 3.14. The number of nitrogens with one attached hydrogen (secondary N) is 1. The van der Waals surface area contributed by atoms with Crippen molar-refractivity contribution in [2.24, 2.45) is 0 Å². The summed E-state index contributed by atoms with van der Waals surface area (Å²) in [6, 6.07) is 15.9. The van der Waals surface area contributed by atoms with Gasteiger partial charge in [0.2, 0.25) is 6.79 Å². The van der Waals surface area contributed by atoms with Crippen molar-refractivity contribution < 1.29 is 9.47 Å². The summed E-state index contributed by atoms with van der Waals surface area (Å²) in [7, 11) is 0. The quantitative estimate of drug-likeness (QED) is 0.934. The van der Waals surface area contributed by atoms with E-state index in [4.69, 9.17) is 14.7 Å². The molecule has 1 heterocycles. The zero-order valence-electron chi connectivity index (χ0n) is 11.8. The molecule has 2 aromatic carbocycles. The number of hydrogen-bond acceptors (Lipinski definition) is 4. The summed E-state index contributed by atoms with van der Waals surface area (Å²) in [4.78, 5) is 0. The Morgan fingerprint density at radius 3 is 2.95 bits per heavy atom. The molecule has 0 aliphatic carbocycles. The SMILES string of the molecule is CC(NCc1cccc2c1OCO2)c1cccc(C#N)c1. The lowest BCUT2D eigenvalue weighted by molar-refractivity contribution is 0.173. The van der Waals surface area contributed by atoms with Gasteiger partial charge in [0.05, 0.1) is 11.6 Å². The zero-order valence-corrected chi connectivity index (χ0v) is 11.8. The average molecular weight is 280 g/mol. The molecule has 0 amide bonds. The molecule has 21 heavy (non-hydrogen) atoms. The van der Waals surface area contributed by atoms with E-state index in [-0.39, 0.29) is 12.8 Å². The van der Waals surface area contributed by atoms with Crippen LogP contribution in [0.5, 0.6) is 11.5 Å². The van der Waals surface area contributed by atoms with E-state index >= 15 is 0 Å². The van der Waals surface area contributed by atoms with Crippen LogP contribution in [-0.2, 0) is 6.54 Å². The Hall–Kier alpha value is -2.51. The van der Waals surface area contributed by atoms with Crippen LogP contribution in [0.2, 0.25) is 0 Å². The van der Waals surface area contributed by atoms with E-state index in [0.29, 0.717) is 12.1 Å². The summed E-state index contributed by atoms with van der Waals surface area (Å²) in [5.74, 6) is 1.62. The molecular formula is C17H16N2O2. The van der Waals surface area contributed by atoms with Crippen molar-refractivity contribution in [3.63, 3.8) is 0 Å². The monoisotopic (exact) mass is 280 g/mol. The van der Waals surface area contributed by atoms with Gasteiger partial charge in [-0.3, -0.25) is 0 Å². The predicted molar refractivity (Wildman–Crippen MR) is 79.0 cm³/mol. The largest absolute Gasteiger partial charge is 0.454 e. The van der Waals surface area contributed by atoms with Crippen LogP contribution in [0.25, 0.3) is 0 Å². The first-order chi connectivity index (χ1) is 10.3. The summed E-state index contributed by atoms with van der Waals surface area (Å²) >= 11 is 0. The van der Waals surface area contributed by atoms with Crippen LogP contribution in [0, 0.1) is 11.3 Å². The van der Waals surface area contributed by atoms with Gasteiger partial charge in [0.1, 0.15) is 0 Å². The van der Waals surface area contributed by atoms with E-state index in [1.807, 2.05) is 42.5 Å². The highest BCUT2D eigenvalue weighted by atomic mass is 16.7. The fraction of sp³-hybridized carbons (Fsp3) is 0.235. The molecule has 3 rings (SSSR count). The highest BCUT2D eigenvalue weighted by Crippen LogP contribution is 2.35. The fourth-order valence-corrected chi connectivity index (χ4v) is 2.39. The maximum Gasteiger partial charge on any atom is 0.231 e. The highest BCUT2D eigenvalue weighted by molar-refractivity contribution is 5.48. The molecule has 1 atom stereocenters. The van der Waals surface area contributed by atoms with Gasteiger partial charge in [-0.1, -0.05) is 24.3 Å². The van der Waals surface area contributed by atoms with Crippen molar-refractivity contribution in [2.45, 2.75) is 19.5 Å². The Kier molecular flexibility index (Phi) is 3.76. The van der Waals surface area contributed by atoms with Crippen molar-refractivity contribution in [3.8, 4) is 17.6 Å². The van der Waals surface area contributed by atoms with Gasteiger partial charge in [-0.2, -0.15) is 5.26 Å². The van der Waals surface area contributed by atoms with Gasteiger partial charge in [0.25, 0.3) is 0 Å². The van der Waals surface area contributed by atoms with Gasteiger partial charge in [-0.25, -0.2) is 0 Å². The van der Waals surface area contributed by atoms with Crippen molar-refractivity contribution in [3.05, 3.63) is 59.2 Å². The number of hydrogen-bond donors (Lipinski definition) is 1. The standard InChI is InChI=1S/C17H16N2O2/c1-12(14-5-2-4-13(8-14)9-18)19-10-15-6-3-7-16-17(15)21-11-20-16/h2-8,12,19H,10-11H2,1H3. The maximum absolute atomic E-state index is 8.96. The zero-order chi connectivity index (χ0) is 14.7. The molecule has 0 fully saturated rings. The Morgan fingerprint density at radius 1 is 1.24 bits per heavy atom. The molecule has 0 spiro atoms. The van der Waals surface area contributed by atoms with Crippen LogP contribution in [-0.4, -0.2) is 6.79 Å². The molecule has 0 aromatic heterocycles. The summed E-state index contributed by atoms with van der Waals surface area (Å²) in [6.45, 7) is 3.05. The number of nitriles is 1. The summed E-state index contributed by atoms with van der Waals surface area (Å²) in [5.41, 5.74) is 2.85. The average Bonchev–Trinajstić information content (AvgIpc) is 3.01. The van der Waals surface area contributed by atoms with Gasteiger partial charge in [-0.05, 0) is 30.7 Å². The van der Waals surface area contributed by atoms with Crippen molar-refractivity contribution in [1.82, 2.24) is 5.32 Å². The second kappa shape index (κ2) is 5.86. The van der Waals surface area contributed by atoms with Crippen molar-refractivity contribution in [1.29, 1.82) is 5.26 Å². The number of nitrogens with zero attached hydrogens (tertiary/aromatic N) is 1. The molecule has 1 aliphatic rings. The van der Waals surface area contributed by atoms with Crippen LogP contribution >= 0.6 is 0 Å². The van der Waals surface area contributed by atoms with E-state index < -0.39 is 0 Å². The lowest BCUT2D eigenvalue weighted by Crippen LogP contribution is -2.18. The number of benzene rings is 2. The number of fused-ring (bicyclic) bond motifs is 1. The molecule has 2 aromatic rings. The van der Waals surface area contributed by atoms with E-state index in [1.54, 1.807) is 0 Å². The van der Waals surface area contributed by atoms with Crippen LogP contribution in [0.15, 0.2) is 42.5 Å². The molecule has 4 heteroatoms. The summed E-state index contributed by atoms with van der Waals surface area (Å²) in [6.07, 6.45) is 0. The van der Waals surface area contributed by atoms with Crippen LogP contribution < -0.4 is 14.8 Å². The maximum atomic E-state index is 8.96. The Balaban J connectivity index is 1.70. The minimum absolute atomic E-state index is 0.150. The minimum atomic E-state index is 0.150. The smallest absolute Gasteiger partial charge is 0.231 e. The third-order valence-electron chi connectivity index (χ3n) is 3.59. The van der Waals surface area contributed by atoms with Crippen LogP contribution in [0.1, 0.15) is 29.7 Å². The lowest BCUT2D eigenvalue weighted by atomic mass is 10.1. The number of para-hydroxylation sites is 1. The molecule has 1 N–H and O–H groups in total. The first kappa shape index (κ1) is 13.5. The first-order valence-corrected chi connectivity index (χ1v) is 6.89. The normalized spacial score (nSPS) is 13.7. The van der Waals surface area contributed by atoms with Crippen molar-refractivity contribution in [2.75, 3.05) is 6.79 Å². The molecule has 0 saturated heterocycles. The molecule has 0 saturated carbocycles. The third kappa shape index (κ3) is 2.83. The van der Waals surface area contributed by atoms with Gasteiger partial charge < -0.3 is 14.8 Å². The molecular weight excluding hydrogens is 264 g/mol. The summed E-state index contributed by atoms with van der Waals surface area (Å²) < 4.78 is 10.9. The molecule has 0 radical (unpaired) electrons. The topological polar surface area (TPSA) is 54.3 Å². The molecule has 1 unspecified atom stereocenters. The van der Waals surface area contributed by atoms with Crippen LogP contribution in [0.4, 0.5) is 0 Å². The summed E-state index contributed by atoms with van der Waals surface area (Å²) in [5, 5.41) is 12.4. The Morgan fingerprint density at radius 2 is 2.10 bits per heavy atom. The van der Waals surface area contributed by atoms with Crippen LogP contribution in [0.3, 0.4) is 0 Å². The minimum Gasteiger partial charge on any atom is -0.454 e. The highest BCUT2D eigenvalue weighted by Gasteiger charge is 2.17. The Bertz CT molecular complexity index is 691. The fourth-order valence-electron chi connectivity index (χ4n) is 2.39. The van der Waals surface area contributed by atoms with E-state index in [2.05, 4.69) is 18.3 Å². The Labute approximate surface area is 123 Å². The second-order valence-electron chi connectivity index (χ2n) is 4.99. The van der Waals surface area contributed by atoms with E-state index in [0.717, 1.165) is 22.6 Å². The van der Waals surface area contributed by atoms with E-state index in [9.17, 15) is 0 Å². The molecule has 0 bridgehead atoms. The number of rotatable bonds is 4. The third-order valence-corrected chi connectivity index (χ3v) is 3.59. The molecule has 106 valence electrons. The lowest BCUT2D eigenvalue weighted by Gasteiger charge is -2.15. The van der Waals surface area contributed by atoms with Gasteiger partial charge in [0.15, 0.2) is 11.5 Å². The molecule has 1 aliphatic heterocycles. The second-order valence-corrected chi connectivity index (χ2v) is 4.99. The van der Waals surface area contributed by atoms with Gasteiger partial charge >= 0.3 is 0 Å². The molecule has 4 nitrogen and oxygen atoms in total. The van der Waals surface area contributed by atoms with E-state index in [1.165, 1.54) is 0 Å². The first-order valence-electron chi connectivity index (χ1n) is 6.89. The van der Waals surface area contributed by atoms with Gasteiger partial charge in [0, 0.05) is 18.2 Å².